The summed E-state index contributed by atoms with van der Waals surface area (Å²) in [5.41, 5.74) is 3.44. The molecule has 0 radical (unpaired) electrons. The molecule has 1 heterocycles. The number of anilines is 1. The van der Waals surface area contributed by atoms with Crippen molar-refractivity contribution < 1.29 is 18.7 Å². The van der Waals surface area contributed by atoms with Gasteiger partial charge in [-0.3, -0.25) is 4.79 Å². The smallest absolute Gasteiger partial charge is 0.270 e. The second kappa shape index (κ2) is 15.4. The number of carbonyl (C=O) groups is 1. The Kier molecular flexibility index (Phi) is 12.0. The van der Waals surface area contributed by atoms with Gasteiger partial charge in [0.15, 0.2) is 0 Å². The summed E-state index contributed by atoms with van der Waals surface area (Å²) >= 11 is 0. The molecule has 3 rings (SSSR count). The van der Waals surface area contributed by atoms with Crippen LogP contribution in [0.3, 0.4) is 0 Å². The van der Waals surface area contributed by atoms with Crippen LogP contribution in [0.25, 0.3) is 0 Å². The van der Waals surface area contributed by atoms with E-state index in [1.165, 1.54) is 17.7 Å². The number of rotatable bonds is 15. The quantitative estimate of drug-likeness (QED) is 0.252. The SMILES string of the molecule is CCCN(CCC)c1nc(C)cc(C(=O)N[C@@H](Cc2cc(F)cc(F)c2)[C@H](O)CNCc2cccc(CC)c2)n1. The lowest BCUT2D eigenvalue weighted by Gasteiger charge is -2.25. The highest BCUT2D eigenvalue weighted by molar-refractivity contribution is 5.93. The van der Waals surface area contributed by atoms with E-state index in [4.69, 9.17) is 0 Å². The van der Waals surface area contributed by atoms with Gasteiger partial charge in [-0.2, -0.15) is 0 Å². The highest BCUT2D eigenvalue weighted by atomic mass is 19.1. The normalized spacial score (nSPS) is 12.7. The lowest BCUT2D eigenvalue weighted by molar-refractivity contribution is 0.0825. The molecule has 7 nitrogen and oxygen atoms in total. The van der Waals surface area contributed by atoms with Crippen LogP contribution in [0.4, 0.5) is 14.7 Å². The van der Waals surface area contributed by atoms with Gasteiger partial charge in [0.25, 0.3) is 5.91 Å². The van der Waals surface area contributed by atoms with Crippen LogP contribution < -0.4 is 15.5 Å². The maximum atomic E-state index is 13.9. The van der Waals surface area contributed by atoms with E-state index >= 15 is 0 Å². The summed E-state index contributed by atoms with van der Waals surface area (Å²) in [5.74, 6) is -1.44. The van der Waals surface area contributed by atoms with Crippen LogP contribution in [0.1, 0.15) is 66.5 Å². The third kappa shape index (κ3) is 9.34. The third-order valence-corrected chi connectivity index (χ3v) is 6.59. The van der Waals surface area contributed by atoms with Gasteiger partial charge >= 0.3 is 0 Å². The van der Waals surface area contributed by atoms with E-state index in [0.29, 0.717) is 23.8 Å². The average molecular weight is 554 g/mol. The molecule has 216 valence electrons. The number of nitrogens with one attached hydrogen (secondary N) is 2. The van der Waals surface area contributed by atoms with E-state index in [1.807, 2.05) is 17.0 Å². The lowest BCUT2D eigenvalue weighted by Crippen LogP contribution is -2.49. The first kappa shape index (κ1) is 31.1. The second-order valence-corrected chi connectivity index (χ2v) is 10.1. The van der Waals surface area contributed by atoms with Crippen LogP contribution in [0.15, 0.2) is 48.5 Å². The van der Waals surface area contributed by atoms with Crippen LogP contribution in [0.5, 0.6) is 0 Å². The van der Waals surface area contributed by atoms with Crippen LogP contribution in [-0.4, -0.2) is 52.8 Å². The predicted octanol–water partition coefficient (Wildman–Crippen LogP) is 4.74. The molecule has 1 aromatic heterocycles. The largest absolute Gasteiger partial charge is 0.390 e. The number of aryl methyl sites for hydroxylation is 2. The lowest BCUT2D eigenvalue weighted by atomic mass is 10.00. The number of nitrogens with zero attached hydrogens (tertiary/aromatic N) is 3. The standard InChI is InChI=1S/C31H41F2N5O2/c1-5-11-38(12-6-2)31-35-21(4)13-28(37-31)30(40)36-27(17-24-15-25(32)18-26(33)16-24)29(39)20-34-19-23-10-8-9-22(7-3)14-23/h8-10,13-16,18,27,29,34,39H,5-7,11-12,17,19-20H2,1-4H3,(H,36,40)/t27-,29+/m0/s1. The van der Waals surface area contributed by atoms with Gasteiger partial charge in [-0.25, -0.2) is 18.7 Å². The number of aromatic nitrogens is 2. The summed E-state index contributed by atoms with van der Waals surface area (Å²) in [6, 6.07) is 12.1. The number of carbonyl (C=O) groups excluding carboxylic acids is 1. The molecule has 0 fully saturated rings. The molecule has 1 amide bonds. The third-order valence-electron chi connectivity index (χ3n) is 6.59. The Labute approximate surface area is 236 Å². The van der Waals surface area contributed by atoms with Crippen molar-refractivity contribution in [3.63, 3.8) is 0 Å². The molecule has 0 saturated heterocycles. The van der Waals surface area contributed by atoms with Gasteiger partial charge in [0.05, 0.1) is 12.1 Å². The minimum atomic E-state index is -1.04. The molecule has 3 N–H and O–H groups in total. The van der Waals surface area contributed by atoms with Crippen molar-refractivity contribution in [2.45, 2.75) is 72.1 Å². The number of aliphatic hydroxyl groups is 1. The summed E-state index contributed by atoms with van der Waals surface area (Å²) < 4.78 is 27.9. The number of amides is 1. The Balaban J connectivity index is 1.79. The molecule has 2 atom stereocenters. The highest BCUT2D eigenvalue weighted by Crippen LogP contribution is 2.15. The van der Waals surface area contributed by atoms with Crippen LogP contribution in [0.2, 0.25) is 0 Å². The zero-order chi connectivity index (χ0) is 29.1. The first-order chi connectivity index (χ1) is 19.2. The molecule has 9 heteroatoms. The van der Waals surface area contributed by atoms with Gasteiger partial charge in [-0.05, 0) is 67.5 Å². The molecule has 0 bridgehead atoms. The van der Waals surface area contributed by atoms with Gasteiger partial charge < -0.3 is 20.6 Å². The van der Waals surface area contributed by atoms with Gasteiger partial charge in [-0.15, -0.1) is 0 Å². The Morgan fingerprint density at radius 1 is 0.950 bits per heavy atom. The fourth-order valence-corrected chi connectivity index (χ4v) is 4.64. The summed E-state index contributed by atoms with van der Waals surface area (Å²) in [6.45, 7) is 10.2. The summed E-state index contributed by atoms with van der Waals surface area (Å²) in [5, 5.41) is 17.2. The monoisotopic (exact) mass is 553 g/mol. The molecule has 0 unspecified atom stereocenters. The first-order valence-electron chi connectivity index (χ1n) is 14.0. The molecule has 0 aliphatic carbocycles. The molecular weight excluding hydrogens is 512 g/mol. The van der Waals surface area contributed by atoms with Crippen molar-refractivity contribution >= 4 is 11.9 Å². The Hall–Kier alpha value is -3.43. The van der Waals surface area contributed by atoms with Crippen LogP contribution in [-0.2, 0) is 19.4 Å². The molecule has 0 saturated carbocycles. The van der Waals surface area contributed by atoms with Crippen LogP contribution in [0, 0.1) is 18.6 Å². The van der Waals surface area contributed by atoms with Gasteiger partial charge in [-0.1, -0.05) is 45.0 Å². The number of aliphatic hydroxyl groups excluding tert-OH is 1. The Morgan fingerprint density at radius 3 is 2.27 bits per heavy atom. The number of halogens is 2. The van der Waals surface area contributed by atoms with E-state index in [0.717, 1.165) is 44.0 Å². The van der Waals surface area contributed by atoms with Crippen LogP contribution >= 0.6 is 0 Å². The maximum absolute atomic E-state index is 13.9. The van der Waals surface area contributed by atoms with Crippen molar-refractivity contribution in [3.05, 3.63) is 88.2 Å². The van der Waals surface area contributed by atoms with Crippen molar-refractivity contribution in [1.82, 2.24) is 20.6 Å². The topological polar surface area (TPSA) is 90.4 Å². The van der Waals surface area contributed by atoms with Crippen molar-refractivity contribution in [1.29, 1.82) is 0 Å². The molecule has 2 aromatic carbocycles. The molecule has 0 aliphatic heterocycles. The van der Waals surface area contributed by atoms with Crippen molar-refractivity contribution in [2.24, 2.45) is 0 Å². The van der Waals surface area contributed by atoms with E-state index in [-0.39, 0.29) is 18.7 Å². The first-order valence-corrected chi connectivity index (χ1v) is 14.0. The number of benzene rings is 2. The molecule has 40 heavy (non-hydrogen) atoms. The minimum Gasteiger partial charge on any atom is -0.390 e. The van der Waals surface area contributed by atoms with Gasteiger partial charge in [0.2, 0.25) is 5.95 Å². The van der Waals surface area contributed by atoms with E-state index in [9.17, 15) is 18.7 Å². The summed E-state index contributed by atoms with van der Waals surface area (Å²) in [7, 11) is 0. The molecule has 0 aliphatic rings. The fraction of sp³-hybridized carbons (Fsp3) is 0.452. The summed E-state index contributed by atoms with van der Waals surface area (Å²) in [6.07, 6.45) is 1.74. The Morgan fingerprint density at radius 2 is 1.62 bits per heavy atom. The van der Waals surface area contributed by atoms with Crippen molar-refractivity contribution in [3.8, 4) is 0 Å². The second-order valence-electron chi connectivity index (χ2n) is 10.1. The maximum Gasteiger partial charge on any atom is 0.270 e. The minimum absolute atomic E-state index is 0.0311. The molecular formula is C31H41F2N5O2. The van der Waals surface area contributed by atoms with E-state index in [2.05, 4.69) is 53.5 Å². The zero-order valence-electron chi connectivity index (χ0n) is 23.9. The van der Waals surface area contributed by atoms with Gasteiger partial charge in [0, 0.05) is 37.9 Å². The average Bonchev–Trinajstić information content (AvgIpc) is 2.91. The number of hydrogen-bond acceptors (Lipinski definition) is 6. The van der Waals surface area contributed by atoms with E-state index < -0.39 is 29.7 Å². The fourth-order valence-electron chi connectivity index (χ4n) is 4.64. The predicted molar refractivity (Wildman–Crippen MR) is 154 cm³/mol. The van der Waals surface area contributed by atoms with Crippen molar-refractivity contribution in [2.75, 3.05) is 24.5 Å². The highest BCUT2D eigenvalue weighted by Gasteiger charge is 2.24. The zero-order valence-corrected chi connectivity index (χ0v) is 23.9. The number of hydrogen-bond donors (Lipinski definition) is 3. The Bertz CT molecular complexity index is 1230. The van der Waals surface area contributed by atoms with E-state index in [1.54, 1.807) is 13.0 Å². The van der Waals surface area contributed by atoms with Gasteiger partial charge in [0.1, 0.15) is 17.3 Å². The summed E-state index contributed by atoms with van der Waals surface area (Å²) in [4.78, 5) is 24.5. The molecule has 3 aromatic rings. The molecule has 0 spiro atoms.